The van der Waals surface area contributed by atoms with Crippen molar-refractivity contribution in [2.75, 3.05) is 14.1 Å². The highest BCUT2D eigenvalue weighted by Crippen LogP contribution is 2.13. The number of halogens is 1. The zero-order valence-corrected chi connectivity index (χ0v) is 18.9. The van der Waals surface area contributed by atoms with Gasteiger partial charge in [0.05, 0.1) is 18.4 Å². The van der Waals surface area contributed by atoms with Crippen LogP contribution in [0, 0.1) is 0 Å². The van der Waals surface area contributed by atoms with E-state index in [-0.39, 0.29) is 24.0 Å². The highest BCUT2D eigenvalue weighted by atomic mass is 127. The number of nitrogens with one attached hydrogen (secondary N) is 1. The monoisotopic (exact) mass is 496 g/mol. The van der Waals surface area contributed by atoms with Gasteiger partial charge in [0, 0.05) is 43.5 Å². The van der Waals surface area contributed by atoms with E-state index in [9.17, 15) is 0 Å². The number of hydrogen-bond acceptors (Lipinski definition) is 4. The van der Waals surface area contributed by atoms with Crippen molar-refractivity contribution < 1.29 is 0 Å². The van der Waals surface area contributed by atoms with Crippen LogP contribution in [-0.2, 0) is 19.5 Å². The molecular formula is C19H25IN6S. The van der Waals surface area contributed by atoms with Crippen LogP contribution in [0.4, 0.5) is 0 Å². The zero-order valence-electron chi connectivity index (χ0n) is 15.8. The molecule has 0 spiro atoms. The number of aryl methyl sites for hydroxylation is 1. The summed E-state index contributed by atoms with van der Waals surface area (Å²) in [7, 11) is 3.82. The highest BCUT2D eigenvalue weighted by molar-refractivity contribution is 14.0. The molecule has 0 radical (unpaired) electrons. The van der Waals surface area contributed by atoms with E-state index in [1.807, 2.05) is 60.7 Å². The van der Waals surface area contributed by atoms with Crippen molar-refractivity contribution in [2.24, 2.45) is 4.99 Å². The van der Waals surface area contributed by atoms with Crippen molar-refractivity contribution in [3.05, 3.63) is 64.4 Å². The first-order valence-corrected chi connectivity index (χ1v) is 9.45. The molecule has 0 fully saturated rings. The molecule has 0 unspecified atom stereocenters. The summed E-state index contributed by atoms with van der Waals surface area (Å²) in [6, 6.07) is 10.1. The van der Waals surface area contributed by atoms with E-state index in [1.165, 1.54) is 4.88 Å². The molecule has 1 N–H and O–H groups in total. The van der Waals surface area contributed by atoms with Gasteiger partial charge in [-0.15, -0.1) is 35.3 Å². The minimum atomic E-state index is 0. The van der Waals surface area contributed by atoms with Crippen molar-refractivity contribution in [3.8, 4) is 5.69 Å². The van der Waals surface area contributed by atoms with Gasteiger partial charge in [-0.25, -0.2) is 9.67 Å². The zero-order chi connectivity index (χ0) is 18.4. The lowest BCUT2D eigenvalue weighted by atomic mass is 10.3. The number of thiazole rings is 1. The maximum absolute atomic E-state index is 4.45. The van der Waals surface area contributed by atoms with Crippen LogP contribution >= 0.6 is 35.3 Å². The maximum Gasteiger partial charge on any atom is 0.194 e. The van der Waals surface area contributed by atoms with Gasteiger partial charge in [-0.05, 0) is 18.6 Å². The van der Waals surface area contributed by atoms with Crippen LogP contribution in [0.5, 0.6) is 0 Å². The lowest BCUT2D eigenvalue weighted by molar-refractivity contribution is 0.476. The van der Waals surface area contributed by atoms with Crippen LogP contribution in [0.3, 0.4) is 0 Å². The summed E-state index contributed by atoms with van der Waals surface area (Å²) in [5.41, 5.74) is 2.18. The molecule has 0 saturated carbocycles. The first-order valence-electron chi connectivity index (χ1n) is 8.64. The van der Waals surface area contributed by atoms with Crippen LogP contribution in [0.1, 0.15) is 22.4 Å². The van der Waals surface area contributed by atoms with E-state index in [1.54, 1.807) is 18.4 Å². The molecule has 0 aliphatic carbocycles. The van der Waals surface area contributed by atoms with E-state index in [0.717, 1.165) is 35.2 Å². The number of guanidine groups is 1. The molecule has 3 aromatic rings. The second kappa shape index (κ2) is 10.4. The Labute approximate surface area is 181 Å². The Balaban J connectivity index is 0.00000261. The van der Waals surface area contributed by atoms with Gasteiger partial charge in [0.1, 0.15) is 5.01 Å². The molecule has 0 atom stereocenters. The van der Waals surface area contributed by atoms with Gasteiger partial charge in [-0.3, -0.25) is 4.99 Å². The fourth-order valence-electron chi connectivity index (χ4n) is 2.65. The Morgan fingerprint density at radius 1 is 1.26 bits per heavy atom. The molecule has 3 rings (SSSR count). The van der Waals surface area contributed by atoms with Crippen LogP contribution in [-0.4, -0.2) is 39.7 Å². The molecule has 2 heterocycles. The predicted octanol–water partition coefficient (Wildman–Crippen LogP) is 3.72. The minimum Gasteiger partial charge on any atom is -0.350 e. The van der Waals surface area contributed by atoms with E-state index in [4.69, 9.17) is 0 Å². The van der Waals surface area contributed by atoms with Gasteiger partial charge < -0.3 is 10.2 Å². The number of aliphatic imine (C=N–C) groups is 1. The van der Waals surface area contributed by atoms with Gasteiger partial charge >= 0.3 is 0 Å². The Kier molecular flexibility index (Phi) is 8.23. The molecule has 0 aliphatic rings. The molecular weight excluding hydrogens is 471 g/mol. The van der Waals surface area contributed by atoms with Crippen LogP contribution in [0.15, 0.2) is 53.9 Å². The third kappa shape index (κ3) is 5.77. The van der Waals surface area contributed by atoms with Crippen molar-refractivity contribution in [2.45, 2.75) is 26.4 Å². The van der Waals surface area contributed by atoms with E-state index >= 15 is 0 Å². The normalized spacial score (nSPS) is 11.1. The van der Waals surface area contributed by atoms with Gasteiger partial charge in [0.15, 0.2) is 5.96 Å². The van der Waals surface area contributed by atoms with Crippen LogP contribution in [0.25, 0.3) is 5.69 Å². The number of para-hydroxylation sites is 1. The molecule has 0 bridgehead atoms. The average molecular weight is 496 g/mol. The minimum absolute atomic E-state index is 0. The molecule has 0 aliphatic heterocycles. The fourth-order valence-corrected chi connectivity index (χ4v) is 3.45. The average Bonchev–Trinajstić information content (AvgIpc) is 3.32. The molecule has 0 amide bonds. The molecule has 0 saturated heterocycles. The third-order valence-corrected chi connectivity index (χ3v) is 5.14. The van der Waals surface area contributed by atoms with Gasteiger partial charge in [0.2, 0.25) is 0 Å². The van der Waals surface area contributed by atoms with Gasteiger partial charge in [-0.2, -0.15) is 5.10 Å². The van der Waals surface area contributed by atoms with Crippen molar-refractivity contribution in [1.29, 1.82) is 0 Å². The SMILES string of the molecule is CCc1cnc(CNC(=NC)N(C)Cc2cnn(-c3ccccc3)c2)s1.I. The second-order valence-electron chi connectivity index (χ2n) is 5.96. The van der Waals surface area contributed by atoms with Crippen molar-refractivity contribution in [1.82, 2.24) is 25.0 Å². The first-order chi connectivity index (χ1) is 12.7. The first kappa shape index (κ1) is 21.4. The summed E-state index contributed by atoms with van der Waals surface area (Å²) < 4.78 is 1.89. The largest absolute Gasteiger partial charge is 0.350 e. The molecule has 144 valence electrons. The number of rotatable bonds is 6. The van der Waals surface area contributed by atoms with Crippen LogP contribution in [0.2, 0.25) is 0 Å². The smallest absolute Gasteiger partial charge is 0.194 e. The summed E-state index contributed by atoms with van der Waals surface area (Å²) in [5, 5.41) is 8.91. The number of hydrogen-bond donors (Lipinski definition) is 1. The number of nitrogens with zero attached hydrogens (tertiary/aromatic N) is 5. The lowest BCUT2D eigenvalue weighted by Crippen LogP contribution is -2.37. The third-order valence-electron chi connectivity index (χ3n) is 4.00. The summed E-state index contributed by atoms with van der Waals surface area (Å²) in [4.78, 5) is 12.2. The standard InChI is InChI=1S/C19H24N6S.HI/c1-4-17-11-21-18(26-17)12-22-19(20-2)24(3)13-15-10-23-25(14-15)16-8-6-5-7-9-16;/h5-11,14H,4,12-13H2,1-3H3,(H,20,22);1H. The van der Waals surface area contributed by atoms with Gasteiger partial charge in [0.25, 0.3) is 0 Å². The quantitative estimate of drug-likeness (QED) is 0.321. The molecule has 6 nitrogen and oxygen atoms in total. The van der Waals surface area contributed by atoms with E-state index in [2.05, 4.69) is 32.2 Å². The molecule has 8 heteroatoms. The van der Waals surface area contributed by atoms with E-state index < -0.39 is 0 Å². The summed E-state index contributed by atoms with van der Waals surface area (Å²) in [6.07, 6.45) is 6.92. The van der Waals surface area contributed by atoms with Crippen molar-refractivity contribution >= 4 is 41.3 Å². The number of aromatic nitrogens is 3. The highest BCUT2D eigenvalue weighted by Gasteiger charge is 2.10. The maximum atomic E-state index is 4.45. The second-order valence-corrected chi connectivity index (χ2v) is 7.16. The Hall–Kier alpha value is -1.94. The number of benzene rings is 1. The predicted molar refractivity (Wildman–Crippen MR) is 122 cm³/mol. The van der Waals surface area contributed by atoms with E-state index in [0.29, 0.717) is 6.54 Å². The lowest BCUT2D eigenvalue weighted by Gasteiger charge is -2.21. The Morgan fingerprint density at radius 3 is 2.70 bits per heavy atom. The summed E-state index contributed by atoms with van der Waals surface area (Å²) >= 11 is 1.74. The topological polar surface area (TPSA) is 58.3 Å². The van der Waals surface area contributed by atoms with Gasteiger partial charge in [-0.1, -0.05) is 25.1 Å². The molecule has 1 aromatic carbocycles. The summed E-state index contributed by atoms with van der Waals surface area (Å²) in [6.45, 7) is 3.56. The summed E-state index contributed by atoms with van der Waals surface area (Å²) in [5.74, 6) is 0.839. The molecule has 27 heavy (non-hydrogen) atoms. The Bertz CT molecular complexity index is 858. The Morgan fingerprint density at radius 2 is 2.04 bits per heavy atom. The fraction of sp³-hybridized carbons (Fsp3) is 0.316. The van der Waals surface area contributed by atoms with Crippen molar-refractivity contribution in [3.63, 3.8) is 0 Å². The van der Waals surface area contributed by atoms with Crippen LogP contribution < -0.4 is 5.32 Å². The molecule has 2 aromatic heterocycles.